The third-order valence-corrected chi connectivity index (χ3v) is 5.28. The van der Waals surface area contributed by atoms with Gasteiger partial charge in [0.1, 0.15) is 17.5 Å². The van der Waals surface area contributed by atoms with E-state index >= 15 is 0 Å². The van der Waals surface area contributed by atoms with E-state index in [4.69, 9.17) is 14.2 Å². The van der Waals surface area contributed by atoms with Crippen LogP contribution in [0.5, 0.6) is 11.5 Å². The van der Waals surface area contributed by atoms with Gasteiger partial charge in [0.2, 0.25) is 0 Å². The van der Waals surface area contributed by atoms with Crippen LogP contribution in [0.3, 0.4) is 0 Å². The molecule has 0 saturated carbocycles. The molecule has 0 aliphatic carbocycles. The zero-order chi connectivity index (χ0) is 23.8. The summed E-state index contributed by atoms with van der Waals surface area (Å²) < 4.78 is 16.3. The zero-order valence-corrected chi connectivity index (χ0v) is 19.1. The van der Waals surface area contributed by atoms with Crippen LogP contribution in [0.25, 0.3) is 0 Å². The molecule has 0 spiro atoms. The zero-order valence-electron chi connectivity index (χ0n) is 19.1. The highest BCUT2D eigenvalue weighted by molar-refractivity contribution is 5.99. The molecule has 2 aromatic carbocycles. The van der Waals surface area contributed by atoms with Crippen LogP contribution >= 0.6 is 0 Å². The molecule has 1 aliphatic rings. The summed E-state index contributed by atoms with van der Waals surface area (Å²) >= 11 is 0. The molecular formula is C25H30N2O6. The Kier molecular flexibility index (Phi) is 8.29. The molecule has 1 heterocycles. The summed E-state index contributed by atoms with van der Waals surface area (Å²) in [6.45, 7) is 5.87. The molecular weight excluding hydrogens is 424 g/mol. The molecule has 2 aromatic rings. The van der Waals surface area contributed by atoms with Crippen molar-refractivity contribution in [3.8, 4) is 11.5 Å². The highest BCUT2D eigenvalue weighted by atomic mass is 16.5. The van der Waals surface area contributed by atoms with E-state index in [1.165, 1.54) is 0 Å². The van der Waals surface area contributed by atoms with Crippen molar-refractivity contribution in [2.45, 2.75) is 39.3 Å². The van der Waals surface area contributed by atoms with Crippen molar-refractivity contribution in [2.24, 2.45) is 5.92 Å². The molecule has 176 valence electrons. The largest absolute Gasteiger partial charge is 0.493 e. The molecule has 8 heteroatoms. The third kappa shape index (κ3) is 6.25. The van der Waals surface area contributed by atoms with Gasteiger partial charge in [-0.25, -0.2) is 4.79 Å². The number of para-hydroxylation sites is 2. The maximum atomic E-state index is 12.8. The monoisotopic (exact) mass is 454 g/mol. The van der Waals surface area contributed by atoms with Crippen molar-refractivity contribution < 1.29 is 28.6 Å². The first-order valence-electron chi connectivity index (χ1n) is 11.1. The number of fused-ring (bicyclic) bond motifs is 1. The number of carbonyl (C=O) groups excluding carboxylic acids is 3. The number of hydrogen-bond donors (Lipinski definition) is 2. The molecule has 33 heavy (non-hydrogen) atoms. The molecule has 0 unspecified atom stereocenters. The Morgan fingerprint density at radius 2 is 1.82 bits per heavy atom. The summed E-state index contributed by atoms with van der Waals surface area (Å²) in [6.07, 6.45) is 0.626. The molecule has 2 amide bonds. The van der Waals surface area contributed by atoms with Gasteiger partial charge in [-0.2, -0.15) is 0 Å². The second-order valence-corrected chi connectivity index (χ2v) is 8.03. The van der Waals surface area contributed by atoms with E-state index in [2.05, 4.69) is 10.6 Å². The molecule has 2 N–H and O–H groups in total. The van der Waals surface area contributed by atoms with Gasteiger partial charge in [-0.15, -0.1) is 0 Å². The fourth-order valence-electron chi connectivity index (χ4n) is 3.61. The predicted octanol–water partition coefficient (Wildman–Crippen LogP) is 3.02. The van der Waals surface area contributed by atoms with Crippen molar-refractivity contribution in [1.82, 2.24) is 10.6 Å². The minimum Gasteiger partial charge on any atom is -0.493 e. The first-order chi connectivity index (χ1) is 15.9. The fraction of sp³-hybridized carbons (Fsp3) is 0.400. The van der Waals surface area contributed by atoms with Crippen molar-refractivity contribution in [2.75, 3.05) is 19.8 Å². The fourth-order valence-corrected chi connectivity index (χ4v) is 3.61. The van der Waals surface area contributed by atoms with Crippen molar-refractivity contribution in [3.63, 3.8) is 0 Å². The highest BCUT2D eigenvalue weighted by Gasteiger charge is 2.28. The second-order valence-electron chi connectivity index (χ2n) is 8.03. The smallest absolute Gasteiger partial charge is 0.329 e. The minimum absolute atomic E-state index is 0.211. The van der Waals surface area contributed by atoms with Gasteiger partial charge in [0.05, 0.1) is 24.8 Å². The van der Waals surface area contributed by atoms with Crippen LogP contribution in [0, 0.1) is 5.92 Å². The SMILES string of the molecule is CCOc1ccccc1C(=O)N[C@H](C(=O)OCC(=O)N[C@@H]1CCOc2ccccc21)C(C)C. The maximum absolute atomic E-state index is 12.8. The van der Waals surface area contributed by atoms with Gasteiger partial charge in [0.15, 0.2) is 6.61 Å². The van der Waals surface area contributed by atoms with Gasteiger partial charge in [0.25, 0.3) is 11.8 Å². The number of hydrogen-bond acceptors (Lipinski definition) is 6. The molecule has 0 aromatic heterocycles. The van der Waals surface area contributed by atoms with Crippen LogP contribution in [0.4, 0.5) is 0 Å². The van der Waals surface area contributed by atoms with Crippen LogP contribution in [0.1, 0.15) is 49.2 Å². The Morgan fingerprint density at radius 3 is 2.58 bits per heavy atom. The Balaban J connectivity index is 1.57. The summed E-state index contributed by atoms with van der Waals surface area (Å²) in [5, 5.41) is 5.59. The van der Waals surface area contributed by atoms with Crippen LogP contribution in [0.15, 0.2) is 48.5 Å². The molecule has 0 radical (unpaired) electrons. The number of benzene rings is 2. The molecule has 0 bridgehead atoms. The number of nitrogens with one attached hydrogen (secondary N) is 2. The van der Waals surface area contributed by atoms with E-state index in [0.29, 0.717) is 30.9 Å². The first-order valence-corrected chi connectivity index (χ1v) is 11.1. The molecule has 3 rings (SSSR count). The van der Waals surface area contributed by atoms with Crippen LogP contribution in [0.2, 0.25) is 0 Å². The number of rotatable bonds is 9. The van der Waals surface area contributed by atoms with Gasteiger partial charge in [-0.05, 0) is 31.0 Å². The number of amides is 2. The summed E-state index contributed by atoms with van der Waals surface area (Å²) in [6, 6.07) is 13.2. The summed E-state index contributed by atoms with van der Waals surface area (Å²) in [5.41, 5.74) is 1.22. The molecule has 0 saturated heterocycles. The summed E-state index contributed by atoms with van der Waals surface area (Å²) in [4.78, 5) is 37.9. The van der Waals surface area contributed by atoms with Crippen LogP contribution < -0.4 is 20.1 Å². The summed E-state index contributed by atoms with van der Waals surface area (Å²) in [5.74, 6) is -0.607. The van der Waals surface area contributed by atoms with Gasteiger partial charge in [0, 0.05) is 12.0 Å². The van der Waals surface area contributed by atoms with E-state index < -0.39 is 30.4 Å². The Labute approximate surface area is 193 Å². The standard InChI is InChI=1S/C25H30N2O6/c1-4-31-21-12-8-6-10-18(21)24(29)27-23(16(2)3)25(30)33-15-22(28)26-19-13-14-32-20-11-7-5-9-17(19)20/h5-12,16,19,23H,4,13-15H2,1-3H3,(H,26,28)(H,27,29)/t19-,23+/m1/s1. The summed E-state index contributed by atoms with van der Waals surface area (Å²) in [7, 11) is 0. The lowest BCUT2D eigenvalue weighted by molar-refractivity contribution is -0.151. The molecule has 1 aliphatic heterocycles. The average molecular weight is 455 g/mol. The van der Waals surface area contributed by atoms with E-state index in [-0.39, 0.29) is 12.0 Å². The van der Waals surface area contributed by atoms with Crippen molar-refractivity contribution >= 4 is 17.8 Å². The lowest BCUT2D eigenvalue weighted by Crippen LogP contribution is -2.46. The van der Waals surface area contributed by atoms with Crippen molar-refractivity contribution in [3.05, 3.63) is 59.7 Å². The lowest BCUT2D eigenvalue weighted by atomic mass is 10.0. The molecule has 0 fully saturated rings. The van der Waals surface area contributed by atoms with Gasteiger partial charge in [-0.1, -0.05) is 44.2 Å². The number of esters is 1. The number of ether oxygens (including phenoxy) is 3. The molecule has 2 atom stereocenters. The van der Waals surface area contributed by atoms with E-state index in [0.717, 1.165) is 11.3 Å². The number of carbonyl (C=O) groups is 3. The second kappa shape index (κ2) is 11.4. The topological polar surface area (TPSA) is 103 Å². The van der Waals surface area contributed by atoms with E-state index in [1.807, 2.05) is 31.2 Å². The van der Waals surface area contributed by atoms with Crippen LogP contribution in [-0.2, 0) is 14.3 Å². The van der Waals surface area contributed by atoms with E-state index in [9.17, 15) is 14.4 Å². The predicted molar refractivity (Wildman–Crippen MR) is 122 cm³/mol. The Morgan fingerprint density at radius 1 is 1.09 bits per heavy atom. The Bertz CT molecular complexity index is 990. The van der Waals surface area contributed by atoms with Crippen molar-refractivity contribution in [1.29, 1.82) is 0 Å². The van der Waals surface area contributed by atoms with Gasteiger partial charge in [-0.3, -0.25) is 9.59 Å². The normalized spacial score (nSPS) is 15.6. The Hall–Kier alpha value is -3.55. The molecule has 8 nitrogen and oxygen atoms in total. The lowest BCUT2D eigenvalue weighted by Gasteiger charge is -2.26. The first kappa shape index (κ1) is 24.1. The quantitative estimate of drug-likeness (QED) is 0.565. The van der Waals surface area contributed by atoms with Gasteiger partial charge >= 0.3 is 5.97 Å². The van der Waals surface area contributed by atoms with Gasteiger partial charge < -0.3 is 24.8 Å². The third-order valence-electron chi connectivity index (χ3n) is 5.28. The van der Waals surface area contributed by atoms with E-state index in [1.54, 1.807) is 38.1 Å². The average Bonchev–Trinajstić information content (AvgIpc) is 2.81. The minimum atomic E-state index is -0.913. The van der Waals surface area contributed by atoms with Crippen LogP contribution in [-0.4, -0.2) is 43.6 Å². The maximum Gasteiger partial charge on any atom is 0.329 e. The highest BCUT2D eigenvalue weighted by Crippen LogP contribution is 2.31.